The Balaban J connectivity index is 1.26. The average molecular weight is 480 g/mol. The summed E-state index contributed by atoms with van der Waals surface area (Å²) in [7, 11) is 1.67. The maximum absolute atomic E-state index is 13.3. The molecule has 36 heavy (non-hydrogen) atoms. The topological polar surface area (TPSA) is 71.5 Å². The first-order valence-electron chi connectivity index (χ1n) is 12.2. The molecule has 182 valence electrons. The Morgan fingerprint density at radius 3 is 2.44 bits per heavy atom. The number of carbonyl (C=O) groups excluding carboxylic acids is 2. The van der Waals surface area contributed by atoms with Gasteiger partial charge >= 0.3 is 0 Å². The van der Waals surface area contributed by atoms with Gasteiger partial charge in [0.25, 0.3) is 11.8 Å². The molecule has 0 spiro atoms. The van der Waals surface area contributed by atoms with Crippen LogP contribution in [-0.4, -0.2) is 41.9 Å². The summed E-state index contributed by atoms with van der Waals surface area (Å²) in [5, 5.41) is 3.93. The van der Waals surface area contributed by atoms with E-state index in [9.17, 15) is 9.59 Å². The van der Waals surface area contributed by atoms with Crippen LogP contribution < -0.4 is 10.1 Å². The van der Waals surface area contributed by atoms with Crippen LogP contribution in [-0.2, 0) is 0 Å². The van der Waals surface area contributed by atoms with E-state index in [0.717, 1.165) is 35.1 Å². The van der Waals surface area contributed by atoms with Crippen LogP contribution in [0.15, 0.2) is 78.9 Å². The van der Waals surface area contributed by atoms with Crippen molar-refractivity contribution < 1.29 is 14.3 Å². The van der Waals surface area contributed by atoms with Gasteiger partial charge in [-0.1, -0.05) is 42.5 Å². The van der Waals surface area contributed by atoms with Crippen molar-refractivity contribution >= 4 is 28.4 Å². The SMILES string of the molecule is COc1ccc(C2CCN(C(=O)c3ccc(C)c(NC(=O)c4ccc5ccccc5n4)c3)CC2)cc1. The predicted molar refractivity (Wildman–Crippen MR) is 142 cm³/mol. The van der Waals surface area contributed by atoms with Crippen molar-refractivity contribution in [2.24, 2.45) is 0 Å². The Morgan fingerprint density at radius 2 is 1.69 bits per heavy atom. The van der Waals surface area contributed by atoms with E-state index < -0.39 is 0 Å². The molecular formula is C30H29N3O3. The summed E-state index contributed by atoms with van der Waals surface area (Å²) in [5.74, 6) is 0.976. The minimum atomic E-state index is -0.297. The number of para-hydroxylation sites is 1. The first-order chi connectivity index (χ1) is 17.5. The van der Waals surface area contributed by atoms with Gasteiger partial charge < -0.3 is 15.0 Å². The summed E-state index contributed by atoms with van der Waals surface area (Å²) in [6.45, 7) is 3.32. The van der Waals surface area contributed by atoms with E-state index in [4.69, 9.17) is 4.74 Å². The van der Waals surface area contributed by atoms with Crippen molar-refractivity contribution in [1.82, 2.24) is 9.88 Å². The highest BCUT2D eigenvalue weighted by atomic mass is 16.5. The number of pyridine rings is 1. The zero-order chi connectivity index (χ0) is 25.1. The third kappa shape index (κ3) is 4.93. The third-order valence-corrected chi connectivity index (χ3v) is 6.93. The fourth-order valence-electron chi connectivity index (χ4n) is 4.74. The summed E-state index contributed by atoms with van der Waals surface area (Å²) in [6, 6.07) is 25.0. The van der Waals surface area contributed by atoms with Crippen LogP contribution in [0.2, 0.25) is 0 Å². The van der Waals surface area contributed by atoms with Crippen molar-refractivity contribution in [3.63, 3.8) is 0 Å². The van der Waals surface area contributed by atoms with Gasteiger partial charge in [0.2, 0.25) is 0 Å². The number of benzene rings is 3. The number of aromatic nitrogens is 1. The Labute approximate surface area is 210 Å². The number of nitrogens with zero attached hydrogens (tertiary/aromatic N) is 2. The number of carbonyl (C=O) groups is 2. The van der Waals surface area contributed by atoms with Crippen molar-refractivity contribution in [3.8, 4) is 5.75 Å². The second-order valence-electron chi connectivity index (χ2n) is 9.21. The quantitative estimate of drug-likeness (QED) is 0.391. The molecule has 2 amide bonds. The van der Waals surface area contributed by atoms with E-state index in [-0.39, 0.29) is 11.8 Å². The van der Waals surface area contributed by atoms with Gasteiger partial charge in [0.15, 0.2) is 0 Å². The number of nitrogens with one attached hydrogen (secondary N) is 1. The monoisotopic (exact) mass is 479 g/mol. The first kappa shape index (κ1) is 23.5. The number of hydrogen-bond donors (Lipinski definition) is 1. The van der Waals surface area contributed by atoms with Crippen molar-refractivity contribution in [2.45, 2.75) is 25.7 Å². The second-order valence-corrected chi connectivity index (χ2v) is 9.21. The van der Waals surface area contributed by atoms with Crippen molar-refractivity contribution in [1.29, 1.82) is 0 Å². The number of fused-ring (bicyclic) bond motifs is 1. The molecule has 0 unspecified atom stereocenters. The highest BCUT2D eigenvalue weighted by molar-refractivity contribution is 6.05. The summed E-state index contributed by atoms with van der Waals surface area (Å²) in [4.78, 5) is 32.6. The van der Waals surface area contributed by atoms with Crippen LogP contribution in [0, 0.1) is 6.92 Å². The number of aryl methyl sites for hydroxylation is 1. The Bertz CT molecular complexity index is 1410. The van der Waals surface area contributed by atoms with E-state index in [1.54, 1.807) is 19.2 Å². The molecule has 0 saturated carbocycles. The summed E-state index contributed by atoms with van der Waals surface area (Å²) < 4.78 is 5.26. The van der Waals surface area contributed by atoms with E-state index in [2.05, 4.69) is 22.4 Å². The summed E-state index contributed by atoms with van der Waals surface area (Å²) >= 11 is 0. The highest BCUT2D eigenvalue weighted by Crippen LogP contribution is 2.30. The number of rotatable bonds is 5. The molecule has 1 aromatic heterocycles. The molecule has 1 aliphatic heterocycles. The van der Waals surface area contributed by atoms with Gasteiger partial charge in [0, 0.05) is 29.7 Å². The van der Waals surface area contributed by atoms with E-state index in [1.165, 1.54) is 5.56 Å². The molecule has 1 N–H and O–H groups in total. The van der Waals surface area contributed by atoms with Gasteiger partial charge in [-0.25, -0.2) is 4.98 Å². The molecular weight excluding hydrogens is 450 g/mol. The lowest BCUT2D eigenvalue weighted by molar-refractivity contribution is 0.0712. The van der Waals surface area contributed by atoms with Crippen LogP contribution >= 0.6 is 0 Å². The molecule has 0 bridgehead atoms. The molecule has 6 heteroatoms. The predicted octanol–water partition coefficient (Wildman–Crippen LogP) is 5.82. The number of likely N-dealkylation sites (tertiary alicyclic amines) is 1. The first-order valence-corrected chi connectivity index (χ1v) is 12.2. The van der Waals surface area contributed by atoms with Crippen LogP contribution in [0.25, 0.3) is 10.9 Å². The fourth-order valence-corrected chi connectivity index (χ4v) is 4.74. The third-order valence-electron chi connectivity index (χ3n) is 6.93. The molecule has 4 aromatic rings. The molecule has 3 aromatic carbocycles. The van der Waals surface area contributed by atoms with Gasteiger partial charge in [-0.15, -0.1) is 0 Å². The average Bonchev–Trinajstić information content (AvgIpc) is 2.93. The van der Waals surface area contributed by atoms with Gasteiger partial charge in [-0.3, -0.25) is 9.59 Å². The maximum atomic E-state index is 13.3. The molecule has 0 radical (unpaired) electrons. The fraction of sp³-hybridized carbons (Fsp3) is 0.233. The molecule has 5 rings (SSSR count). The lowest BCUT2D eigenvalue weighted by Crippen LogP contribution is -2.38. The smallest absolute Gasteiger partial charge is 0.274 e. The number of piperidine rings is 1. The molecule has 2 heterocycles. The highest BCUT2D eigenvalue weighted by Gasteiger charge is 2.25. The normalized spacial score (nSPS) is 14.0. The zero-order valence-corrected chi connectivity index (χ0v) is 20.5. The van der Waals surface area contributed by atoms with Crippen LogP contribution in [0.4, 0.5) is 5.69 Å². The summed E-state index contributed by atoms with van der Waals surface area (Å²) in [6.07, 6.45) is 1.84. The number of methoxy groups -OCH3 is 1. The van der Waals surface area contributed by atoms with E-state index in [1.807, 2.05) is 66.4 Å². The molecule has 0 atom stereocenters. The number of ether oxygens (including phenoxy) is 1. The molecule has 1 aliphatic rings. The van der Waals surface area contributed by atoms with E-state index in [0.29, 0.717) is 36.0 Å². The van der Waals surface area contributed by atoms with Crippen LogP contribution in [0.1, 0.15) is 50.7 Å². The number of hydrogen-bond acceptors (Lipinski definition) is 4. The zero-order valence-electron chi connectivity index (χ0n) is 20.5. The minimum absolute atomic E-state index is 0.0116. The lowest BCUT2D eigenvalue weighted by atomic mass is 9.89. The molecule has 1 fully saturated rings. The number of anilines is 1. The van der Waals surface area contributed by atoms with Gasteiger partial charge in [-0.05, 0) is 73.2 Å². The Kier molecular flexibility index (Phi) is 6.67. The van der Waals surface area contributed by atoms with Gasteiger partial charge in [-0.2, -0.15) is 0 Å². The largest absolute Gasteiger partial charge is 0.497 e. The molecule has 1 saturated heterocycles. The number of amides is 2. The van der Waals surface area contributed by atoms with Crippen LogP contribution in [0.5, 0.6) is 5.75 Å². The summed E-state index contributed by atoms with van der Waals surface area (Å²) in [5.41, 5.74) is 4.47. The van der Waals surface area contributed by atoms with Gasteiger partial charge in [0.1, 0.15) is 11.4 Å². The lowest BCUT2D eigenvalue weighted by Gasteiger charge is -2.32. The van der Waals surface area contributed by atoms with Crippen LogP contribution in [0.3, 0.4) is 0 Å². The minimum Gasteiger partial charge on any atom is -0.497 e. The Hall–Kier alpha value is -4.19. The second kappa shape index (κ2) is 10.2. The van der Waals surface area contributed by atoms with Crippen molar-refractivity contribution in [2.75, 3.05) is 25.5 Å². The molecule has 6 nitrogen and oxygen atoms in total. The van der Waals surface area contributed by atoms with E-state index >= 15 is 0 Å². The maximum Gasteiger partial charge on any atom is 0.274 e. The van der Waals surface area contributed by atoms with Gasteiger partial charge in [0.05, 0.1) is 12.6 Å². The standard InChI is InChI=1S/C30H29N3O3/c1-20-7-8-24(19-28(20)32-29(34)27-14-11-23-5-3-4-6-26(23)31-27)30(35)33-17-15-22(16-18-33)21-9-12-25(36-2)13-10-21/h3-14,19,22H,15-18H2,1-2H3,(H,32,34). The Morgan fingerprint density at radius 1 is 0.944 bits per heavy atom. The van der Waals surface area contributed by atoms with Crippen molar-refractivity contribution in [3.05, 3.63) is 101 Å². The molecule has 0 aliphatic carbocycles.